The van der Waals surface area contributed by atoms with E-state index in [1.807, 2.05) is 36.4 Å². The fourth-order valence-corrected chi connectivity index (χ4v) is 2.98. The zero-order valence-electron chi connectivity index (χ0n) is 16.6. The fraction of sp³-hybridized carbons (Fsp3) is 0.476. The van der Waals surface area contributed by atoms with E-state index in [0.29, 0.717) is 6.42 Å². The predicted molar refractivity (Wildman–Crippen MR) is 102 cm³/mol. The molecule has 0 N–H and O–H groups in total. The maximum Gasteiger partial charge on any atom is 0.322 e. The second kappa shape index (κ2) is 7.94. The Kier molecular flexibility index (Phi) is 6.08. The van der Waals surface area contributed by atoms with Crippen molar-refractivity contribution in [1.82, 2.24) is 4.90 Å². The number of nitrogens with zero attached hydrogens (tertiary/aromatic N) is 1. The third kappa shape index (κ3) is 4.76. The lowest BCUT2D eigenvalue weighted by molar-refractivity contribution is -0.171. The lowest BCUT2D eigenvalue weighted by Gasteiger charge is -2.28. The summed E-state index contributed by atoms with van der Waals surface area (Å²) in [6.07, 6.45) is 4.35. The van der Waals surface area contributed by atoms with E-state index in [9.17, 15) is 14.4 Å². The van der Waals surface area contributed by atoms with E-state index in [1.165, 1.54) is 7.05 Å². The van der Waals surface area contributed by atoms with E-state index in [0.717, 1.165) is 16.2 Å². The first-order chi connectivity index (χ1) is 12.6. The van der Waals surface area contributed by atoms with Crippen LogP contribution in [0.3, 0.4) is 0 Å². The molecule has 1 atom stereocenters. The van der Waals surface area contributed by atoms with Crippen LogP contribution in [0.1, 0.15) is 45.6 Å². The molecule has 1 aromatic rings. The summed E-state index contributed by atoms with van der Waals surface area (Å²) in [4.78, 5) is 38.5. The van der Waals surface area contributed by atoms with Crippen LogP contribution in [0.25, 0.3) is 6.08 Å². The zero-order valence-corrected chi connectivity index (χ0v) is 16.6. The molecule has 6 nitrogen and oxygen atoms in total. The van der Waals surface area contributed by atoms with Crippen molar-refractivity contribution in [3.63, 3.8) is 0 Å². The standard InChI is InChI=1S/C21H27NO5/c1-20(2,3)27-19(25)21(14-17(23)22(4)18(21)24)13-7-6-8-15-9-11-16(26-5)12-10-15/h6,8-12H,7,13-14H2,1-5H3/b8-6+. The number of esters is 1. The molecule has 0 aliphatic carbocycles. The second-order valence-corrected chi connectivity index (χ2v) is 7.73. The number of rotatable bonds is 6. The van der Waals surface area contributed by atoms with E-state index in [2.05, 4.69) is 0 Å². The molecule has 0 radical (unpaired) electrons. The Hall–Kier alpha value is -2.63. The lowest BCUT2D eigenvalue weighted by Crippen LogP contribution is -2.43. The minimum absolute atomic E-state index is 0.145. The summed E-state index contributed by atoms with van der Waals surface area (Å²) in [5, 5.41) is 0. The first-order valence-corrected chi connectivity index (χ1v) is 8.94. The highest BCUT2D eigenvalue weighted by atomic mass is 16.6. The summed E-state index contributed by atoms with van der Waals surface area (Å²) in [6.45, 7) is 5.23. The van der Waals surface area contributed by atoms with Gasteiger partial charge in [-0.15, -0.1) is 0 Å². The van der Waals surface area contributed by atoms with E-state index in [4.69, 9.17) is 9.47 Å². The van der Waals surface area contributed by atoms with Gasteiger partial charge in [-0.3, -0.25) is 19.3 Å². The van der Waals surface area contributed by atoms with Crippen LogP contribution < -0.4 is 4.74 Å². The molecule has 6 heteroatoms. The average molecular weight is 373 g/mol. The van der Waals surface area contributed by atoms with E-state index in [1.54, 1.807) is 27.9 Å². The number of methoxy groups -OCH3 is 1. The highest BCUT2D eigenvalue weighted by molar-refractivity contribution is 6.15. The molecule has 1 unspecified atom stereocenters. The van der Waals surface area contributed by atoms with Gasteiger partial charge in [-0.2, -0.15) is 0 Å². The molecule has 2 amide bonds. The smallest absolute Gasteiger partial charge is 0.322 e. The van der Waals surface area contributed by atoms with Gasteiger partial charge in [-0.1, -0.05) is 24.3 Å². The molecule has 1 aliphatic heterocycles. The predicted octanol–water partition coefficient (Wildman–Crippen LogP) is 3.21. The maximum atomic E-state index is 12.8. The van der Waals surface area contributed by atoms with Gasteiger partial charge in [0.1, 0.15) is 11.4 Å². The highest BCUT2D eigenvalue weighted by Gasteiger charge is 2.56. The monoisotopic (exact) mass is 373 g/mol. The van der Waals surface area contributed by atoms with Crippen molar-refractivity contribution in [1.29, 1.82) is 0 Å². The molecule has 1 aromatic carbocycles. The molecule has 1 heterocycles. The third-order valence-electron chi connectivity index (χ3n) is 4.49. The van der Waals surface area contributed by atoms with Crippen molar-refractivity contribution in [2.24, 2.45) is 5.41 Å². The average Bonchev–Trinajstić information content (AvgIpc) is 2.82. The lowest BCUT2D eigenvalue weighted by atomic mass is 9.81. The number of likely N-dealkylation sites (tertiary alicyclic amines) is 1. The van der Waals surface area contributed by atoms with Gasteiger partial charge < -0.3 is 9.47 Å². The molecule has 1 aliphatic rings. The summed E-state index contributed by atoms with van der Waals surface area (Å²) in [7, 11) is 3.02. The number of hydrogen-bond donors (Lipinski definition) is 0. The molecule has 1 fully saturated rings. The number of carbonyl (C=O) groups is 3. The maximum absolute atomic E-state index is 12.8. The first-order valence-electron chi connectivity index (χ1n) is 8.94. The Morgan fingerprint density at radius 2 is 1.85 bits per heavy atom. The zero-order chi connectivity index (χ0) is 20.2. The molecule has 0 aromatic heterocycles. The summed E-state index contributed by atoms with van der Waals surface area (Å²) < 4.78 is 10.6. The van der Waals surface area contributed by atoms with Crippen LogP contribution in [0, 0.1) is 5.41 Å². The van der Waals surface area contributed by atoms with Crippen LogP contribution in [0.5, 0.6) is 5.75 Å². The topological polar surface area (TPSA) is 72.9 Å². The molecule has 0 bridgehead atoms. The van der Waals surface area contributed by atoms with Crippen molar-refractivity contribution >= 4 is 23.9 Å². The van der Waals surface area contributed by atoms with Gasteiger partial charge in [0, 0.05) is 7.05 Å². The molecule has 27 heavy (non-hydrogen) atoms. The van der Waals surface area contributed by atoms with Gasteiger partial charge in [0.15, 0.2) is 5.41 Å². The molecule has 0 saturated carbocycles. The van der Waals surface area contributed by atoms with Crippen molar-refractivity contribution in [2.45, 2.75) is 45.6 Å². The largest absolute Gasteiger partial charge is 0.497 e. The van der Waals surface area contributed by atoms with Gasteiger partial charge >= 0.3 is 5.97 Å². The summed E-state index contributed by atoms with van der Waals surface area (Å²) in [5.41, 5.74) is -1.19. The van der Waals surface area contributed by atoms with Crippen molar-refractivity contribution in [3.8, 4) is 5.75 Å². The summed E-state index contributed by atoms with van der Waals surface area (Å²) in [5.74, 6) is -0.700. The second-order valence-electron chi connectivity index (χ2n) is 7.73. The van der Waals surface area contributed by atoms with Crippen LogP contribution >= 0.6 is 0 Å². The SMILES string of the molecule is COc1ccc(/C=C/CCC2(C(=O)OC(C)(C)C)CC(=O)N(C)C2=O)cc1. The summed E-state index contributed by atoms with van der Waals surface area (Å²) in [6, 6.07) is 7.54. The molecule has 0 spiro atoms. The van der Waals surface area contributed by atoms with Crippen LogP contribution in [-0.2, 0) is 19.1 Å². The number of amides is 2. The van der Waals surface area contributed by atoms with Crippen molar-refractivity contribution in [2.75, 3.05) is 14.2 Å². The van der Waals surface area contributed by atoms with Gasteiger partial charge in [0.25, 0.3) is 0 Å². The normalized spacial score (nSPS) is 20.4. The number of imide groups is 1. The van der Waals surface area contributed by atoms with Gasteiger partial charge in [-0.05, 0) is 51.3 Å². The molecule has 2 rings (SSSR count). The number of allylic oxidation sites excluding steroid dienone is 1. The minimum atomic E-state index is -1.44. The number of ether oxygens (including phenoxy) is 2. The minimum Gasteiger partial charge on any atom is -0.497 e. The van der Waals surface area contributed by atoms with Crippen LogP contribution in [0.4, 0.5) is 0 Å². The quantitative estimate of drug-likeness (QED) is 0.435. The van der Waals surface area contributed by atoms with E-state index in [-0.39, 0.29) is 18.7 Å². The Labute approximate surface area is 160 Å². The van der Waals surface area contributed by atoms with Crippen LogP contribution in [-0.4, -0.2) is 42.4 Å². The molecular weight excluding hydrogens is 346 g/mol. The Morgan fingerprint density at radius 1 is 1.22 bits per heavy atom. The Balaban J connectivity index is 2.13. The van der Waals surface area contributed by atoms with Crippen LogP contribution in [0.2, 0.25) is 0 Å². The third-order valence-corrected chi connectivity index (χ3v) is 4.49. The Bertz CT molecular complexity index is 745. The number of carbonyl (C=O) groups excluding carboxylic acids is 3. The van der Waals surface area contributed by atoms with E-state index < -0.39 is 22.9 Å². The molecular formula is C21H27NO5. The summed E-state index contributed by atoms with van der Waals surface area (Å²) >= 11 is 0. The van der Waals surface area contributed by atoms with Gasteiger partial charge in [0.2, 0.25) is 11.8 Å². The molecule has 146 valence electrons. The van der Waals surface area contributed by atoms with Gasteiger partial charge in [0.05, 0.1) is 13.5 Å². The van der Waals surface area contributed by atoms with Crippen molar-refractivity contribution < 1.29 is 23.9 Å². The van der Waals surface area contributed by atoms with Gasteiger partial charge in [-0.25, -0.2) is 0 Å². The van der Waals surface area contributed by atoms with E-state index >= 15 is 0 Å². The fourth-order valence-electron chi connectivity index (χ4n) is 2.98. The Morgan fingerprint density at radius 3 is 2.33 bits per heavy atom. The van der Waals surface area contributed by atoms with Crippen molar-refractivity contribution in [3.05, 3.63) is 35.9 Å². The van der Waals surface area contributed by atoms with Crippen LogP contribution in [0.15, 0.2) is 30.3 Å². The first kappa shape index (κ1) is 20.7. The number of benzene rings is 1. The highest BCUT2D eigenvalue weighted by Crippen LogP contribution is 2.39. The number of hydrogen-bond acceptors (Lipinski definition) is 5. The molecule has 1 saturated heterocycles.